The molecule has 0 aliphatic rings. The molecule has 29 heavy (non-hydrogen) atoms. The Bertz CT molecular complexity index is 1090. The Balaban J connectivity index is 1.95. The molecule has 0 aliphatic carbocycles. The number of para-hydroxylation sites is 1. The topological polar surface area (TPSA) is 88.6 Å². The van der Waals surface area contributed by atoms with Crippen LogP contribution < -0.4 is 14.4 Å². The Morgan fingerprint density at radius 1 is 1.10 bits per heavy atom. The second kappa shape index (κ2) is 8.74. The number of aromatic nitrogens is 1. The molecule has 0 bridgehead atoms. The molecule has 0 radical (unpaired) electrons. The zero-order chi connectivity index (χ0) is 20.9. The molecule has 3 aromatic rings. The number of nitrogens with one attached hydrogen (secondary N) is 1. The number of amides is 1. The van der Waals surface area contributed by atoms with Gasteiger partial charge in [-0.15, -0.1) is 0 Å². The number of hydrogen-bond acceptors (Lipinski definition) is 5. The van der Waals surface area contributed by atoms with Gasteiger partial charge in [-0.3, -0.25) is 14.1 Å². The fraction of sp³-hybridized carbons (Fsp3) is 0.143. The lowest BCUT2D eigenvalue weighted by atomic mass is 10.2. The molecule has 0 fully saturated rings. The van der Waals surface area contributed by atoms with Crippen LogP contribution in [0.1, 0.15) is 5.56 Å². The zero-order valence-corrected chi connectivity index (χ0v) is 16.9. The van der Waals surface area contributed by atoms with Crippen molar-refractivity contribution in [3.05, 3.63) is 78.6 Å². The summed E-state index contributed by atoms with van der Waals surface area (Å²) < 4.78 is 33.0. The third-order valence-corrected chi connectivity index (χ3v) is 6.00. The first kappa shape index (κ1) is 20.3. The summed E-state index contributed by atoms with van der Waals surface area (Å²) in [5.41, 5.74) is 1.56. The number of hydrogen-bond donors (Lipinski definition) is 1. The van der Waals surface area contributed by atoms with Crippen LogP contribution in [0.15, 0.2) is 78.0 Å². The minimum absolute atomic E-state index is 0.0776. The van der Waals surface area contributed by atoms with Gasteiger partial charge in [0.1, 0.15) is 12.3 Å². The molecule has 1 amide bonds. The largest absolute Gasteiger partial charge is 0.496 e. The van der Waals surface area contributed by atoms with Gasteiger partial charge in [-0.2, -0.15) is 0 Å². The first-order chi connectivity index (χ1) is 13.9. The lowest BCUT2D eigenvalue weighted by molar-refractivity contribution is -0.114. The molecule has 1 aromatic heterocycles. The number of benzene rings is 2. The molecule has 1 N–H and O–H groups in total. The number of nitrogens with zero attached hydrogens (tertiary/aromatic N) is 2. The summed E-state index contributed by atoms with van der Waals surface area (Å²) in [6.45, 7) is 1.38. The summed E-state index contributed by atoms with van der Waals surface area (Å²) in [6.07, 6.45) is 3.08. The van der Waals surface area contributed by atoms with Crippen LogP contribution in [0.4, 0.5) is 11.4 Å². The highest BCUT2D eigenvalue weighted by atomic mass is 32.2. The monoisotopic (exact) mass is 411 g/mol. The van der Waals surface area contributed by atoms with Gasteiger partial charge < -0.3 is 10.1 Å². The van der Waals surface area contributed by atoms with E-state index >= 15 is 0 Å². The van der Waals surface area contributed by atoms with Crippen molar-refractivity contribution in [3.8, 4) is 5.75 Å². The first-order valence-corrected chi connectivity index (χ1v) is 10.3. The van der Waals surface area contributed by atoms with Crippen molar-refractivity contribution in [1.82, 2.24) is 4.98 Å². The fourth-order valence-electron chi connectivity index (χ4n) is 2.82. The van der Waals surface area contributed by atoms with Crippen LogP contribution in [0.5, 0.6) is 5.75 Å². The summed E-state index contributed by atoms with van der Waals surface area (Å²) in [7, 11) is -2.46. The van der Waals surface area contributed by atoms with Crippen molar-refractivity contribution in [3.63, 3.8) is 0 Å². The van der Waals surface area contributed by atoms with Crippen molar-refractivity contribution >= 4 is 27.3 Å². The summed E-state index contributed by atoms with van der Waals surface area (Å²) >= 11 is 0. The van der Waals surface area contributed by atoms with Gasteiger partial charge in [0.25, 0.3) is 10.0 Å². The van der Waals surface area contributed by atoms with Crippen molar-refractivity contribution in [2.75, 3.05) is 23.3 Å². The van der Waals surface area contributed by atoms with Gasteiger partial charge in [0.2, 0.25) is 5.91 Å². The molecule has 8 heteroatoms. The van der Waals surface area contributed by atoms with Crippen molar-refractivity contribution in [1.29, 1.82) is 0 Å². The van der Waals surface area contributed by atoms with Gasteiger partial charge in [-0.1, -0.05) is 18.2 Å². The van der Waals surface area contributed by atoms with Gasteiger partial charge in [0.05, 0.1) is 29.6 Å². The molecule has 7 nitrogen and oxygen atoms in total. The summed E-state index contributed by atoms with van der Waals surface area (Å²) in [5.74, 6) is 0.111. The van der Waals surface area contributed by atoms with Gasteiger partial charge in [-0.25, -0.2) is 8.42 Å². The van der Waals surface area contributed by atoms with E-state index in [-0.39, 0.29) is 11.4 Å². The molecule has 2 aromatic carbocycles. The van der Waals surface area contributed by atoms with E-state index in [4.69, 9.17) is 4.74 Å². The SMILES string of the molecule is COc1ccc(S(=O)(=O)N(CC(=O)Nc2cccnc2)c2ccccc2)cc1C. The molecule has 3 rings (SSSR count). The average molecular weight is 411 g/mol. The van der Waals surface area contributed by atoms with Gasteiger partial charge in [0, 0.05) is 6.20 Å². The van der Waals surface area contributed by atoms with Gasteiger partial charge in [-0.05, 0) is 55.0 Å². The number of aryl methyl sites for hydroxylation is 1. The third-order valence-electron chi connectivity index (χ3n) is 4.23. The lowest BCUT2D eigenvalue weighted by Gasteiger charge is -2.24. The van der Waals surface area contributed by atoms with Crippen LogP contribution in [0.3, 0.4) is 0 Å². The van der Waals surface area contributed by atoms with E-state index in [1.54, 1.807) is 61.7 Å². The van der Waals surface area contributed by atoms with Gasteiger partial charge in [0.15, 0.2) is 0 Å². The van der Waals surface area contributed by atoms with E-state index in [0.717, 1.165) is 4.31 Å². The second-order valence-corrected chi connectivity index (χ2v) is 8.13. The van der Waals surface area contributed by atoms with Crippen molar-refractivity contribution < 1.29 is 17.9 Å². The number of methoxy groups -OCH3 is 1. The minimum Gasteiger partial charge on any atom is -0.496 e. The van der Waals surface area contributed by atoms with Gasteiger partial charge >= 0.3 is 0 Å². The van der Waals surface area contributed by atoms with Crippen LogP contribution in [-0.2, 0) is 14.8 Å². The van der Waals surface area contributed by atoms with E-state index in [1.165, 1.54) is 25.4 Å². The van der Waals surface area contributed by atoms with Crippen LogP contribution in [0, 0.1) is 6.92 Å². The van der Waals surface area contributed by atoms with Crippen molar-refractivity contribution in [2.24, 2.45) is 0 Å². The molecule has 0 atom stereocenters. The van der Waals surface area contributed by atoms with Crippen molar-refractivity contribution in [2.45, 2.75) is 11.8 Å². The molecule has 0 saturated carbocycles. The van der Waals surface area contributed by atoms with E-state index in [1.807, 2.05) is 0 Å². The molecule has 0 saturated heterocycles. The molecule has 0 aliphatic heterocycles. The third kappa shape index (κ3) is 4.72. The Morgan fingerprint density at radius 3 is 2.48 bits per heavy atom. The predicted molar refractivity (Wildman–Crippen MR) is 112 cm³/mol. The molecular weight excluding hydrogens is 390 g/mol. The summed E-state index contributed by atoms with van der Waals surface area (Å²) in [6, 6.07) is 16.5. The van der Waals surface area contributed by atoms with E-state index in [2.05, 4.69) is 10.3 Å². The van der Waals surface area contributed by atoms with Crippen LogP contribution >= 0.6 is 0 Å². The number of carbonyl (C=O) groups excluding carboxylic acids is 1. The quantitative estimate of drug-likeness (QED) is 0.645. The van der Waals surface area contributed by atoms with Crippen LogP contribution in [-0.4, -0.2) is 33.0 Å². The molecule has 0 spiro atoms. The molecular formula is C21H21N3O4S. The predicted octanol–water partition coefficient (Wildman–Crippen LogP) is 3.23. The number of pyridine rings is 1. The number of anilines is 2. The highest BCUT2D eigenvalue weighted by Gasteiger charge is 2.27. The minimum atomic E-state index is -3.99. The van der Waals surface area contributed by atoms with Crippen LogP contribution in [0.2, 0.25) is 0 Å². The maximum Gasteiger partial charge on any atom is 0.264 e. The summed E-state index contributed by atoms with van der Waals surface area (Å²) in [5, 5.41) is 2.67. The van der Waals surface area contributed by atoms with E-state index in [9.17, 15) is 13.2 Å². The number of carbonyl (C=O) groups is 1. The Morgan fingerprint density at radius 2 is 1.86 bits per heavy atom. The number of sulfonamides is 1. The highest BCUT2D eigenvalue weighted by molar-refractivity contribution is 7.92. The normalized spacial score (nSPS) is 11.0. The molecule has 0 unspecified atom stereocenters. The molecule has 150 valence electrons. The maximum absolute atomic E-state index is 13.4. The summed E-state index contributed by atoms with van der Waals surface area (Å²) in [4.78, 5) is 16.6. The first-order valence-electron chi connectivity index (χ1n) is 8.84. The smallest absolute Gasteiger partial charge is 0.264 e. The molecule has 1 heterocycles. The lowest BCUT2D eigenvalue weighted by Crippen LogP contribution is -2.38. The Labute approximate surface area is 170 Å². The number of rotatable bonds is 7. The zero-order valence-electron chi connectivity index (χ0n) is 16.1. The van der Waals surface area contributed by atoms with Crippen LogP contribution in [0.25, 0.3) is 0 Å². The average Bonchev–Trinajstić information content (AvgIpc) is 2.73. The second-order valence-electron chi connectivity index (χ2n) is 6.27. The Hall–Kier alpha value is -3.39. The van der Waals surface area contributed by atoms with E-state index in [0.29, 0.717) is 22.7 Å². The Kier molecular flexibility index (Phi) is 6.13. The highest BCUT2D eigenvalue weighted by Crippen LogP contribution is 2.27. The van der Waals surface area contributed by atoms with E-state index < -0.39 is 15.9 Å². The fourth-order valence-corrected chi connectivity index (χ4v) is 4.32. The number of ether oxygens (including phenoxy) is 1. The standard InChI is InChI=1S/C21H21N3O4S/c1-16-13-19(10-11-20(16)28-2)29(26,27)24(18-8-4-3-5-9-18)15-21(25)23-17-7-6-12-22-14-17/h3-14H,15H2,1-2H3,(H,23,25). The maximum atomic E-state index is 13.4.